The zero-order valence-corrected chi connectivity index (χ0v) is 15.6. The first-order chi connectivity index (χ1) is 13.7. The first-order valence-corrected chi connectivity index (χ1v) is 9.61. The van der Waals surface area contributed by atoms with E-state index in [0.717, 1.165) is 17.5 Å². The van der Waals surface area contributed by atoms with Crippen molar-refractivity contribution in [2.75, 3.05) is 5.32 Å². The zero-order valence-electron chi connectivity index (χ0n) is 15.6. The summed E-state index contributed by atoms with van der Waals surface area (Å²) < 4.78 is 11.8. The van der Waals surface area contributed by atoms with Crippen molar-refractivity contribution in [3.63, 3.8) is 0 Å². The molecule has 2 aliphatic rings. The Kier molecular flexibility index (Phi) is 5.69. The van der Waals surface area contributed by atoms with Crippen molar-refractivity contribution < 1.29 is 19.4 Å². The Labute approximate surface area is 164 Å². The van der Waals surface area contributed by atoms with Gasteiger partial charge in [0.25, 0.3) is 5.91 Å². The van der Waals surface area contributed by atoms with Crippen LogP contribution in [-0.2, 0) is 27.5 Å². The number of anilines is 1. The number of aliphatic hydroxyl groups excluding tert-OH is 1. The van der Waals surface area contributed by atoms with Crippen LogP contribution in [0.15, 0.2) is 60.6 Å². The molecule has 1 aliphatic carbocycles. The highest BCUT2D eigenvalue weighted by Gasteiger charge is 2.37. The van der Waals surface area contributed by atoms with Crippen molar-refractivity contribution in [2.45, 2.75) is 38.8 Å². The summed E-state index contributed by atoms with van der Waals surface area (Å²) in [6.07, 6.45) is 7.88. The summed E-state index contributed by atoms with van der Waals surface area (Å²) in [5.74, 6) is 0.942. The second kappa shape index (κ2) is 8.54. The van der Waals surface area contributed by atoms with E-state index < -0.39 is 6.29 Å². The van der Waals surface area contributed by atoms with Crippen molar-refractivity contribution in [3.8, 4) is 0 Å². The summed E-state index contributed by atoms with van der Waals surface area (Å²) in [5, 5.41) is 12.0. The Balaban J connectivity index is 1.40. The van der Waals surface area contributed by atoms with E-state index in [-0.39, 0.29) is 12.5 Å². The van der Waals surface area contributed by atoms with Crippen LogP contribution in [0.5, 0.6) is 0 Å². The zero-order chi connectivity index (χ0) is 19.3. The van der Waals surface area contributed by atoms with Crippen LogP contribution in [0.3, 0.4) is 0 Å². The highest BCUT2D eigenvalue weighted by molar-refractivity contribution is 6.02. The number of aromatic nitrogens is 1. The van der Waals surface area contributed by atoms with E-state index in [9.17, 15) is 4.79 Å². The predicted octanol–water partition coefficient (Wildman–Crippen LogP) is 3.39. The van der Waals surface area contributed by atoms with Gasteiger partial charge in [0.15, 0.2) is 5.76 Å². The van der Waals surface area contributed by atoms with E-state index in [4.69, 9.17) is 14.6 Å². The number of amides is 1. The molecule has 2 aromatic rings. The molecule has 1 amide bonds. The Morgan fingerprint density at radius 1 is 1.21 bits per heavy atom. The minimum atomic E-state index is -0.456. The van der Waals surface area contributed by atoms with Gasteiger partial charge in [-0.1, -0.05) is 24.3 Å². The molecule has 2 atom stereocenters. The molecule has 1 aromatic heterocycles. The van der Waals surface area contributed by atoms with Crippen LogP contribution >= 0.6 is 0 Å². The quantitative estimate of drug-likeness (QED) is 0.770. The number of pyridine rings is 1. The number of carbonyl (C=O) groups excluding carboxylic acids is 1. The van der Waals surface area contributed by atoms with Gasteiger partial charge in [-0.05, 0) is 54.0 Å². The first-order valence-electron chi connectivity index (χ1n) is 9.61. The maximum absolute atomic E-state index is 12.6. The maximum atomic E-state index is 12.6. The molecule has 4 rings (SSSR count). The van der Waals surface area contributed by atoms with Crippen LogP contribution in [0.2, 0.25) is 0 Å². The van der Waals surface area contributed by atoms with Crippen molar-refractivity contribution in [2.24, 2.45) is 11.8 Å². The molecule has 1 fully saturated rings. The molecule has 6 heteroatoms. The monoisotopic (exact) mass is 380 g/mol. The largest absolute Gasteiger partial charge is 0.459 e. The number of rotatable bonds is 7. The number of benzene rings is 1. The fourth-order valence-corrected chi connectivity index (χ4v) is 3.36. The maximum Gasteiger partial charge on any atom is 0.290 e. The van der Waals surface area contributed by atoms with Gasteiger partial charge >= 0.3 is 0 Å². The third-order valence-corrected chi connectivity index (χ3v) is 5.10. The summed E-state index contributed by atoms with van der Waals surface area (Å²) in [5.41, 5.74) is 2.50. The standard InChI is InChI=1S/C22H24N2O4/c25-13-15-3-5-16(6-4-15)14-27-21-11-18(17-7-8-17)10-20(28-21)22(26)24-19-2-1-9-23-12-19/h1-6,9-10,12,17-18,21,25H,7-8,11,13-14H2,(H,24,26)/t18-,21+/m0/s1. The number of ether oxygens (including phenoxy) is 2. The Morgan fingerprint density at radius 3 is 2.68 bits per heavy atom. The normalized spacial score (nSPS) is 21.5. The van der Waals surface area contributed by atoms with Crippen molar-refractivity contribution in [3.05, 3.63) is 71.8 Å². The van der Waals surface area contributed by atoms with Gasteiger partial charge in [-0.3, -0.25) is 9.78 Å². The Hall–Kier alpha value is -2.70. The second-order valence-electron chi connectivity index (χ2n) is 7.30. The number of carbonyl (C=O) groups is 1. The van der Waals surface area contributed by atoms with Gasteiger partial charge in [-0.25, -0.2) is 0 Å². The summed E-state index contributed by atoms with van der Waals surface area (Å²) in [4.78, 5) is 16.6. The summed E-state index contributed by atoms with van der Waals surface area (Å²) in [7, 11) is 0. The van der Waals surface area contributed by atoms with Gasteiger partial charge < -0.3 is 19.9 Å². The average molecular weight is 380 g/mol. The van der Waals surface area contributed by atoms with Gasteiger partial charge in [-0.15, -0.1) is 0 Å². The molecule has 0 radical (unpaired) electrons. The Morgan fingerprint density at radius 2 is 2.00 bits per heavy atom. The van der Waals surface area contributed by atoms with Crippen LogP contribution in [-0.4, -0.2) is 22.3 Å². The number of hydrogen-bond donors (Lipinski definition) is 2. The molecule has 0 spiro atoms. The topological polar surface area (TPSA) is 80.7 Å². The average Bonchev–Trinajstić information content (AvgIpc) is 3.59. The van der Waals surface area contributed by atoms with E-state index >= 15 is 0 Å². The molecule has 1 aromatic carbocycles. The lowest BCUT2D eigenvalue weighted by molar-refractivity contribution is -0.151. The first kappa shape index (κ1) is 18.7. The highest BCUT2D eigenvalue weighted by atomic mass is 16.7. The van der Waals surface area contributed by atoms with E-state index in [1.807, 2.05) is 30.3 Å². The molecule has 0 saturated heterocycles. The molecular weight excluding hydrogens is 356 g/mol. The number of allylic oxidation sites excluding steroid dienone is 1. The van der Waals surface area contributed by atoms with Gasteiger partial charge in [0.05, 0.1) is 25.1 Å². The minimum absolute atomic E-state index is 0.0240. The summed E-state index contributed by atoms with van der Waals surface area (Å²) >= 11 is 0. The van der Waals surface area contributed by atoms with Crippen molar-refractivity contribution in [1.29, 1.82) is 0 Å². The Bertz CT molecular complexity index is 831. The summed E-state index contributed by atoms with van der Waals surface area (Å²) in [6.45, 7) is 0.418. The lowest BCUT2D eigenvalue weighted by atomic mass is 9.96. The summed E-state index contributed by atoms with van der Waals surface area (Å²) in [6, 6.07) is 11.2. The smallest absolute Gasteiger partial charge is 0.290 e. The highest BCUT2D eigenvalue weighted by Crippen LogP contribution is 2.43. The number of hydrogen-bond acceptors (Lipinski definition) is 5. The van der Waals surface area contributed by atoms with Gasteiger partial charge in [0.1, 0.15) is 0 Å². The molecule has 0 unspecified atom stereocenters. The van der Waals surface area contributed by atoms with Crippen LogP contribution < -0.4 is 5.32 Å². The van der Waals surface area contributed by atoms with Gasteiger partial charge in [-0.2, -0.15) is 0 Å². The van der Waals surface area contributed by atoms with E-state index in [1.165, 1.54) is 12.8 Å². The molecular formula is C22H24N2O4. The SMILES string of the molecule is O=C(Nc1cccnc1)C1=C[C@H](C2CC2)C[C@H](OCc2ccc(CO)cc2)O1. The predicted molar refractivity (Wildman–Crippen MR) is 104 cm³/mol. The van der Waals surface area contributed by atoms with Crippen LogP contribution in [0.25, 0.3) is 0 Å². The van der Waals surface area contributed by atoms with E-state index in [0.29, 0.717) is 29.9 Å². The second-order valence-corrected chi connectivity index (χ2v) is 7.30. The van der Waals surface area contributed by atoms with Crippen LogP contribution in [0.4, 0.5) is 5.69 Å². The molecule has 146 valence electrons. The number of nitrogens with one attached hydrogen (secondary N) is 1. The molecule has 1 saturated carbocycles. The lowest BCUT2D eigenvalue weighted by Crippen LogP contribution is -2.30. The van der Waals surface area contributed by atoms with Gasteiger partial charge in [0.2, 0.25) is 6.29 Å². The van der Waals surface area contributed by atoms with E-state index in [1.54, 1.807) is 24.5 Å². The molecule has 6 nitrogen and oxygen atoms in total. The third-order valence-electron chi connectivity index (χ3n) is 5.10. The fourth-order valence-electron chi connectivity index (χ4n) is 3.36. The lowest BCUT2D eigenvalue weighted by Gasteiger charge is -2.29. The van der Waals surface area contributed by atoms with Crippen molar-refractivity contribution >= 4 is 11.6 Å². The molecule has 1 aliphatic heterocycles. The molecule has 28 heavy (non-hydrogen) atoms. The molecule has 2 heterocycles. The number of aliphatic hydroxyl groups is 1. The van der Waals surface area contributed by atoms with Crippen LogP contribution in [0.1, 0.15) is 30.4 Å². The minimum Gasteiger partial charge on any atom is -0.459 e. The third kappa shape index (κ3) is 4.77. The van der Waals surface area contributed by atoms with E-state index in [2.05, 4.69) is 10.3 Å². The van der Waals surface area contributed by atoms with Crippen LogP contribution in [0, 0.1) is 11.8 Å². The number of nitrogens with zero attached hydrogens (tertiary/aromatic N) is 1. The fraction of sp³-hybridized carbons (Fsp3) is 0.364. The molecule has 0 bridgehead atoms. The van der Waals surface area contributed by atoms with Crippen molar-refractivity contribution in [1.82, 2.24) is 4.98 Å². The molecule has 2 N–H and O–H groups in total. The van der Waals surface area contributed by atoms with Gasteiger partial charge in [0, 0.05) is 12.6 Å².